The molecule has 0 unspecified atom stereocenters. The second-order valence-corrected chi connectivity index (χ2v) is 6.58. The Bertz CT molecular complexity index is 772. The molecule has 2 aromatic carbocycles. The third-order valence-corrected chi connectivity index (χ3v) is 4.30. The summed E-state index contributed by atoms with van der Waals surface area (Å²) in [7, 11) is 7.33. The fourth-order valence-electron chi connectivity index (χ4n) is 2.71. The van der Waals surface area contributed by atoms with Crippen LogP contribution in [-0.2, 0) is 13.1 Å². The van der Waals surface area contributed by atoms with Gasteiger partial charge in [-0.3, -0.25) is 9.79 Å². The van der Waals surface area contributed by atoms with Crippen LogP contribution in [0.5, 0.6) is 0 Å². The van der Waals surface area contributed by atoms with E-state index in [1.54, 1.807) is 26.0 Å². The van der Waals surface area contributed by atoms with E-state index < -0.39 is 0 Å². The maximum absolute atomic E-state index is 11.9. The first kappa shape index (κ1) is 23.0. The molecule has 0 fully saturated rings. The van der Waals surface area contributed by atoms with E-state index in [1.165, 1.54) is 11.1 Å². The van der Waals surface area contributed by atoms with Gasteiger partial charge in [0.15, 0.2) is 5.96 Å². The van der Waals surface area contributed by atoms with E-state index in [2.05, 4.69) is 46.4 Å². The number of amides is 1. The van der Waals surface area contributed by atoms with Crippen molar-refractivity contribution in [1.82, 2.24) is 15.1 Å². The Kier molecular flexibility index (Phi) is 9.28. The van der Waals surface area contributed by atoms with Crippen LogP contribution in [-0.4, -0.2) is 49.9 Å². The number of hydrogen-bond donors (Lipinski definition) is 1. The summed E-state index contributed by atoms with van der Waals surface area (Å²) in [4.78, 5) is 20.0. The number of rotatable bonds is 5. The second kappa shape index (κ2) is 10.9. The first-order valence-corrected chi connectivity index (χ1v) is 8.69. The van der Waals surface area contributed by atoms with E-state index in [4.69, 9.17) is 0 Å². The van der Waals surface area contributed by atoms with Gasteiger partial charge in [-0.2, -0.15) is 0 Å². The van der Waals surface area contributed by atoms with Crippen molar-refractivity contribution in [1.29, 1.82) is 0 Å². The minimum Gasteiger partial charge on any atom is -0.352 e. The largest absolute Gasteiger partial charge is 0.352 e. The smallest absolute Gasteiger partial charge is 0.253 e. The minimum atomic E-state index is 0. The summed E-state index contributed by atoms with van der Waals surface area (Å²) in [6, 6.07) is 16.0. The molecule has 0 heterocycles. The van der Waals surface area contributed by atoms with Crippen LogP contribution in [0.4, 0.5) is 0 Å². The number of aryl methyl sites for hydroxylation is 1. The summed E-state index contributed by atoms with van der Waals surface area (Å²) in [5.41, 5.74) is 4.35. The molecule has 0 radical (unpaired) electrons. The lowest BCUT2D eigenvalue weighted by atomic mass is 10.1. The highest BCUT2D eigenvalue weighted by atomic mass is 127. The topological polar surface area (TPSA) is 47.9 Å². The summed E-state index contributed by atoms with van der Waals surface area (Å²) in [5, 5.41) is 3.38. The summed E-state index contributed by atoms with van der Waals surface area (Å²) < 4.78 is 0. The van der Waals surface area contributed by atoms with Crippen LogP contribution < -0.4 is 5.32 Å². The van der Waals surface area contributed by atoms with Crippen LogP contribution in [0.2, 0.25) is 0 Å². The van der Waals surface area contributed by atoms with Gasteiger partial charge in [0, 0.05) is 46.8 Å². The Labute approximate surface area is 179 Å². The van der Waals surface area contributed by atoms with Gasteiger partial charge < -0.3 is 15.1 Å². The van der Waals surface area contributed by atoms with Gasteiger partial charge >= 0.3 is 0 Å². The molecular formula is C21H29IN4O. The standard InChI is InChI=1S/C21H28N4O.HI/c1-16-8-6-7-9-19(16)15-25(5)21(22-2)23-14-17-10-12-18(13-11-17)20(26)24(3)4;/h6-13H,14-15H2,1-5H3,(H,22,23);1H. The third-order valence-electron chi connectivity index (χ3n) is 4.30. The maximum atomic E-state index is 11.9. The van der Waals surface area contributed by atoms with Gasteiger partial charge in [0.05, 0.1) is 0 Å². The highest BCUT2D eigenvalue weighted by molar-refractivity contribution is 14.0. The predicted molar refractivity (Wildman–Crippen MR) is 123 cm³/mol. The Morgan fingerprint density at radius 1 is 1.04 bits per heavy atom. The lowest BCUT2D eigenvalue weighted by Gasteiger charge is -2.23. The average molecular weight is 480 g/mol. The van der Waals surface area contributed by atoms with Crippen molar-refractivity contribution in [3.8, 4) is 0 Å². The quantitative estimate of drug-likeness (QED) is 0.405. The van der Waals surface area contributed by atoms with Crippen molar-refractivity contribution in [3.63, 3.8) is 0 Å². The molecule has 0 saturated heterocycles. The van der Waals surface area contributed by atoms with Crippen molar-refractivity contribution >= 4 is 35.8 Å². The summed E-state index contributed by atoms with van der Waals surface area (Å²) in [6.45, 7) is 3.57. The van der Waals surface area contributed by atoms with Crippen molar-refractivity contribution in [2.45, 2.75) is 20.0 Å². The van der Waals surface area contributed by atoms with Gasteiger partial charge in [0.1, 0.15) is 0 Å². The molecule has 1 N–H and O–H groups in total. The van der Waals surface area contributed by atoms with Crippen LogP contribution in [0.1, 0.15) is 27.0 Å². The van der Waals surface area contributed by atoms with Gasteiger partial charge in [0.2, 0.25) is 0 Å². The van der Waals surface area contributed by atoms with E-state index >= 15 is 0 Å². The molecule has 146 valence electrons. The molecule has 2 aromatic rings. The van der Waals surface area contributed by atoms with Crippen LogP contribution in [0.25, 0.3) is 0 Å². The molecule has 0 bridgehead atoms. The van der Waals surface area contributed by atoms with E-state index in [0.717, 1.165) is 18.1 Å². The highest BCUT2D eigenvalue weighted by Crippen LogP contribution is 2.10. The van der Waals surface area contributed by atoms with Crippen molar-refractivity contribution in [3.05, 3.63) is 70.8 Å². The fourth-order valence-corrected chi connectivity index (χ4v) is 2.71. The fraction of sp³-hybridized carbons (Fsp3) is 0.333. The van der Waals surface area contributed by atoms with E-state index in [9.17, 15) is 4.79 Å². The first-order chi connectivity index (χ1) is 12.4. The molecule has 2 rings (SSSR count). The lowest BCUT2D eigenvalue weighted by Crippen LogP contribution is -2.38. The molecule has 0 atom stereocenters. The van der Waals surface area contributed by atoms with Gasteiger partial charge in [-0.1, -0.05) is 36.4 Å². The van der Waals surface area contributed by atoms with E-state index in [-0.39, 0.29) is 29.9 Å². The third kappa shape index (κ3) is 6.53. The van der Waals surface area contributed by atoms with Gasteiger partial charge in [-0.15, -0.1) is 24.0 Å². The number of aliphatic imine (C=N–C) groups is 1. The van der Waals surface area contributed by atoms with Crippen LogP contribution in [0.3, 0.4) is 0 Å². The number of halogens is 1. The van der Waals surface area contributed by atoms with E-state index in [0.29, 0.717) is 12.1 Å². The molecule has 0 aliphatic rings. The lowest BCUT2D eigenvalue weighted by molar-refractivity contribution is 0.0827. The van der Waals surface area contributed by atoms with Gasteiger partial charge in [0.25, 0.3) is 5.91 Å². The summed E-state index contributed by atoms with van der Waals surface area (Å²) in [5.74, 6) is 0.847. The number of carbonyl (C=O) groups excluding carboxylic acids is 1. The molecule has 0 spiro atoms. The number of benzene rings is 2. The molecular weight excluding hydrogens is 451 g/mol. The molecule has 1 amide bonds. The number of carbonyl (C=O) groups is 1. The Balaban J connectivity index is 0.00000364. The molecule has 0 aliphatic heterocycles. The van der Waals surface area contributed by atoms with Crippen molar-refractivity contribution < 1.29 is 4.79 Å². The number of hydrogen-bond acceptors (Lipinski definition) is 2. The molecule has 5 nitrogen and oxygen atoms in total. The minimum absolute atomic E-state index is 0. The second-order valence-electron chi connectivity index (χ2n) is 6.58. The number of guanidine groups is 1. The Morgan fingerprint density at radius 3 is 2.22 bits per heavy atom. The monoisotopic (exact) mass is 480 g/mol. The van der Waals surface area contributed by atoms with Crippen molar-refractivity contribution in [2.24, 2.45) is 4.99 Å². The molecule has 0 saturated carbocycles. The summed E-state index contributed by atoms with van der Waals surface area (Å²) >= 11 is 0. The average Bonchev–Trinajstić information content (AvgIpc) is 2.64. The molecule has 27 heavy (non-hydrogen) atoms. The number of nitrogens with zero attached hydrogens (tertiary/aromatic N) is 3. The maximum Gasteiger partial charge on any atom is 0.253 e. The summed E-state index contributed by atoms with van der Waals surface area (Å²) in [6.07, 6.45) is 0. The highest BCUT2D eigenvalue weighted by Gasteiger charge is 2.09. The first-order valence-electron chi connectivity index (χ1n) is 8.69. The Hall–Kier alpha value is -2.09. The van der Waals surface area contributed by atoms with Gasteiger partial charge in [-0.05, 0) is 35.7 Å². The van der Waals surface area contributed by atoms with Crippen molar-refractivity contribution in [2.75, 3.05) is 28.2 Å². The van der Waals surface area contributed by atoms with Crippen LogP contribution in [0.15, 0.2) is 53.5 Å². The van der Waals surface area contributed by atoms with Crippen LogP contribution in [0, 0.1) is 6.92 Å². The zero-order valence-corrected chi connectivity index (χ0v) is 19.0. The predicted octanol–water partition coefficient (Wildman–Crippen LogP) is 3.52. The van der Waals surface area contributed by atoms with E-state index in [1.807, 2.05) is 31.3 Å². The molecule has 6 heteroatoms. The number of nitrogens with one attached hydrogen (secondary N) is 1. The SMILES string of the molecule is CN=C(NCc1ccc(C(=O)N(C)C)cc1)N(C)Cc1ccccc1C.I. The molecule has 0 aliphatic carbocycles. The zero-order chi connectivity index (χ0) is 19.1. The van der Waals surface area contributed by atoms with Crippen LogP contribution >= 0.6 is 24.0 Å². The Morgan fingerprint density at radius 2 is 1.67 bits per heavy atom. The normalized spacial score (nSPS) is 10.8. The van der Waals surface area contributed by atoms with Gasteiger partial charge in [-0.25, -0.2) is 0 Å². The zero-order valence-electron chi connectivity index (χ0n) is 16.7. The molecule has 0 aromatic heterocycles.